The van der Waals surface area contributed by atoms with Crippen LogP contribution in [0.2, 0.25) is 0 Å². The molecule has 0 aromatic heterocycles. The highest BCUT2D eigenvalue weighted by Crippen LogP contribution is 2.03. The first-order valence-corrected chi connectivity index (χ1v) is 6.65. The Morgan fingerprint density at radius 1 is 1.19 bits per heavy atom. The third-order valence-corrected chi connectivity index (χ3v) is 3.33. The molecule has 0 unspecified atom stereocenters. The number of hydrogen-bond acceptors (Lipinski definition) is 3. The van der Waals surface area contributed by atoms with E-state index in [0.717, 1.165) is 5.56 Å². The van der Waals surface area contributed by atoms with Crippen LogP contribution < -0.4 is 4.72 Å². The summed E-state index contributed by atoms with van der Waals surface area (Å²) in [7, 11) is -3.29. The Balaban J connectivity index is 2.43. The van der Waals surface area contributed by atoms with E-state index in [9.17, 15) is 13.2 Å². The highest BCUT2D eigenvalue weighted by Gasteiger charge is 2.09. The Morgan fingerprint density at radius 2 is 1.88 bits per heavy atom. The molecule has 1 aromatic carbocycles. The van der Waals surface area contributed by atoms with Crippen LogP contribution in [0.5, 0.6) is 0 Å². The van der Waals surface area contributed by atoms with Gasteiger partial charge in [0, 0.05) is 13.0 Å². The van der Waals surface area contributed by atoms with E-state index in [2.05, 4.69) is 4.72 Å². The molecule has 0 fully saturated rings. The Morgan fingerprint density at radius 3 is 2.50 bits per heavy atom. The molecule has 1 aromatic rings. The minimum atomic E-state index is -3.29. The van der Waals surface area contributed by atoms with Gasteiger partial charge in [-0.2, -0.15) is 0 Å². The summed E-state index contributed by atoms with van der Waals surface area (Å²) >= 11 is 0. The Kier molecular flexibility index (Phi) is 5.14. The van der Waals surface area contributed by atoms with Crippen LogP contribution in [0.25, 0.3) is 0 Å². The van der Waals surface area contributed by atoms with E-state index in [1.165, 1.54) is 0 Å². The standard InChI is InChI=1S/C11H14NO3S/c13-9-5-4-8-12-16(14,15)10-11-6-2-1-3-7-11/h1-3,6-7,12H,4-5,8,10H2. The van der Waals surface area contributed by atoms with Crippen LogP contribution in [0, 0.1) is 0 Å². The molecule has 0 saturated carbocycles. The lowest BCUT2D eigenvalue weighted by molar-refractivity contribution is 0.546. The van der Waals surface area contributed by atoms with E-state index in [1.54, 1.807) is 30.6 Å². The Hall–Kier alpha value is -1.20. The summed E-state index contributed by atoms with van der Waals surface area (Å²) in [6, 6.07) is 8.96. The molecule has 0 spiro atoms. The Labute approximate surface area is 95.7 Å². The highest BCUT2D eigenvalue weighted by molar-refractivity contribution is 7.88. The molecule has 0 aliphatic carbocycles. The predicted molar refractivity (Wildman–Crippen MR) is 62.0 cm³/mol. The second-order valence-corrected chi connectivity index (χ2v) is 5.19. The number of nitrogens with one attached hydrogen (secondary N) is 1. The summed E-state index contributed by atoms with van der Waals surface area (Å²) in [4.78, 5) is 9.92. The van der Waals surface area contributed by atoms with Crippen LogP contribution >= 0.6 is 0 Å². The lowest BCUT2D eigenvalue weighted by Crippen LogP contribution is -2.26. The van der Waals surface area contributed by atoms with E-state index in [4.69, 9.17) is 0 Å². The average molecular weight is 240 g/mol. The van der Waals surface area contributed by atoms with Crippen molar-refractivity contribution in [1.82, 2.24) is 4.72 Å². The molecule has 5 heteroatoms. The van der Waals surface area contributed by atoms with Gasteiger partial charge < -0.3 is 0 Å². The maximum absolute atomic E-state index is 11.6. The molecule has 0 aliphatic heterocycles. The molecule has 4 nitrogen and oxygen atoms in total. The summed E-state index contributed by atoms with van der Waals surface area (Å²) in [5, 5.41) is 0. The van der Waals surface area contributed by atoms with Gasteiger partial charge in [0.25, 0.3) is 0 Å². The summed E-state index contributed by atoms with van der Waals surface area (Å²) in [6.45, 7) is 0.282. The van der Waals surface area contributed by atoms with Gasteiger partial charge in [0.1, 0.15) is 0 Å². The fraction of sp³-hybridized carbons (Fsp3) is 0.364. The first-order valence-electron chi connectivity index (χ1n) is 5.00. The largest absolute Gasteiger partial charge is 0.291 e. The van der Waals surface area contributed by atoms with E-state index in [0.29, 0.717) is 6.42 Å². The molecule has 1 radical (unpaired) electrons. The van der Waals surface area contributed by atoms with Gasteiger partial charge in [0.15, 0.2) is 6.29 Å². The minimum absolute atomic E-state index is 0.0291. The molecule has 1 N–H and O–H groups in total. The molecule has 0 heterocycles. The third kappa shape index (κ3) is 5.04. The monoisotopic (exact) mass is 240 g/mol. The molecule has 1 rings (SSSR count). The summed E-state index contributed by atoms with van der Waals surface area (Å²) in [6.07, 6.45) is 2.46. The number of carbonyl (C=O) groups excluding carboxylic acids is 1. The molecule has 0 atom stereocenters. The van der Waals surface area contributed by atoms with Gasteiger partial charge in [0.2, 0.25) is 10.0 Å². The maximum atomic E-state index is 11.6. The fourth-order valence-electron chi connectivity index (χ4n) is 1.23. The normalized spacial score (nSPS) is 11.2. The molecule has 87 valence electrons. The lowest BCUT2D eigenvalue weighted by Gasteiger charge is -2.05. The van der Waals surface area contributed by atoms with E-state index < -0.39 is 10.0 Å². The highest BCUT2D eigenvalue weighted by atomic mass is 32.2. The maximum Gasteiger partial charge on any atom is 0.215 e. The quantitative estimate of drug-likeness (QED) is 0.723. The predicted octanol–water partition coefficient (Wildman–Crippen LogP) is 0.996. The van der Waals surface area contributed by atoms with E-state index in [1.807, 2.05) is 6.07 Å². The Bertz CT molecular complexity index is 414. The SMILES string of the molecule is O=[C]CCCNS(=O)(=O)Cc1ccccc1. The minimum Gasteiger partial charge on any atom is -0.291 e. The molecular formula is C11H14NO3S. The van der Waals surface area contributed by atoms with E-state index in [-0.39, 0.29) is 18.7 Å². The van der Waals surface area contributed by atoms with Crippen molar-refractivity contribution in [2.75, 3.05) is 6.54 Å². The zero-order chi connectivity index (χ0) is 11.9. The van der Waals surface area contributed by atoms with Crippen molar-refractivity contribution in [2.45, 2.75) is 18.6 Å². The summed E-state index contributed by atoms with van der Waals surface area (Å²) in [5.74, 6) is -0.0291. The number of sulfonamides is 1. The van der Waals surface area contributed by atoms with Crippen LogP contribution in [-0.2, 0) is 20.6 Å². The summed E-state index contributed by atoms with van der Waals surface area (Å²) in [5.41, 5.74) is 0.747. The topological polar surface area (TPSA) is 63.2 Å². The van der Waals surface area contributed by atoms with Crippen LogP contribution in [0.3, 0.4) is 0 Å². The van der Waals surface area contributed by atoms with Gasteiger partial charge in [-0.3, -0.25) is 4.79 Å². The molecule has 0 amide bonds. The van der Waals surface area contributed by atoms with Gasteiger partial charge >= 0.3 is 0 Å². The second-order valence-electron chi connectivity index (χ2n) is 3.39. The van der Waals surface area contributed by atoms with Gasteiger partial charge in [-0.25, -0.2) is 13.1 Å². The molecule has 0 aliphatic rings. The third-order valence-electron chi connectivity index (χ3n) is 1.98. The first-order chi connectivity index (χ1) is 7.64. The molecule has 0 saturated heterocycles. The van der Waals surface area contributed by atoms with Crippen molar-refractivity contribution in [1.29, 1.82) is 0 Å². The van der Waals surface area contributed by atoms with Gasteiger partial charge in [0.05, 0.1) is 5.75 Å². The second kappa shape index (κ2) is 6.40. The van der Waals surface area contributed by atoms with Gasteiger partial charge in [-0.15, -0.1) is 0 Å². The van der Waals surface area contributed by atoms with Gasteiger partial charge in [-0.05, 0) is 12.0 Å². The van der Waals surface area contributed by atoms with Crippen LogP contribution in [-0.4, -0.2) is 21.2 Å². The molecule has 0 bridgehead atoms. The number of benzene rings is 1. The number of rotatable bonds is 7. The fourth-order valence-corrected chi connectivity index (χ4v) is 2.42. The smallest absolute Gasteiger partial charge is 0.215 e. The van der Waals surface area contributed by atoms with E-state index >= 15 is 0 Å². The zero-order valence-electron chi connectivity index (χ0n) is 8.85. The van der Waals surface area contributed by atoms with Crippen LogP contribution in [0.4, 0.5) is 0 Å². The number of unbranched alkanes of at least 4 members (excludes halogenated alkanes) is 1. The first kappa shape index (κ1) is 12.9. The van der Waals surface area contributed by atoms with Crippen LogP contribution in [0.1, 0.15) is 18.4 Å². The van der Waals surface area contributed by atoms with Crippen molar-refractivity contribution in [2.24, 2.45) is 0 Å². The summed E-state index contributed by atoms with van der Waals surface area (Å²) < 4.78 is 25.5. The van der Waals surface area contributed by atoms with Crippen molar-refractivity contribution in [3.8, 4) is 0 Å². The van der Waals surface area contributed by atoms with Crippen molar-refractivity contribution < 1.29 is 13.2 Å². The van der Waals surface area contributed by atoms with Crippen LogP contribution in [0.15, 0.2) is 30.3 Å². The van der Waals surface area contributed by atoms with Crippen molar-refractivity contribution in [3.63, 3.8) is 0 Å². The molecular weight excluding hydrogens is 226 g/mol. The van der Waals surface area contributed by atoms with Crippen molar-refractivity contribution in [3.05, 3.63) is 35.9 Å². The molecule has 16 heavy (non-hydrogen) atoms. The lowest BCUT2D eigenvalue weighted by atomic mass is 10.2. The van der Waals surface area contributed by atoms with Crippen molar-refractivity contribution >= 4 is 16.3 Å². The number of hydrogen-bond donors (Lipinski definition) is 1. The average Bonchev–Trinajstić information content (AvgIpc) is 2.25. The zero-order valence-corrected chi connectivity index (χ0v) is 9.66. The van der Waals surface area contributed by atoms with Gasteiger partial charge in [-0.1, -0.05) is 30.3 Å².